The zero-order chi connectivity index (χ0) is 13.3. The highest BCUT2D eigenvalue weighted by molar-refractivity contribution is 5.97. The van der Waals surface area contributed by atoms with Gasteiger partial charge >= 0.3 is 5.88 Å². The molecular weight excluding hydrogens is 238 g/mol. The molecule has 0 bridgehead atoms. The molecule has 0 unspecified atom stereocenters. The van der Waals surface area contributed by atoms with Crippen LogP contribution in [0.5, 0.6) is 0 Å². The second-order valence-corrected chi connectivity index (χ2v) is 3.57. The summed E-state index contributed by atoms with van der Waals surface area (Å²) in [6, 6.07) is 7.68. The largest absolute Gasteiger partial charge is 0.434 e. The number of benzene rings is 1. The number of amides is 1. The Kier molecular flexibility index (Phi) is 2.72. The van der Waals surface area contributed by atoms with Crippen molar-refractivity contribution < 1.29 is 14.1 Å². The molecule has 0 radical (unpaired) electrons. The lowest BCUT2D eigenvalue weighted by Crippen LogP contribution is -2.10. The van der Waals surface area contributed by atoms with E-state index in [1.807, 2.05) is 0 Å². The zero-order valence-corrected chi connectivity index (χ0v) is 9.12. The molecule has 1 heterocycles. The van der Waals surface area contributed by atoms with Crippen LogP contribution in [0.15, 0.2) is 34.7 Å². The van der Waals surface area contributed by atoms with Gasteiger partial charge in [0.2, 0.25) is 5.76 Å². The molecule has 0 aliphatic heterocycles. The SMILES string of the molecule is NC(=O)c1oc([N+](=O)[O-])cc1-c1cccc(N)c1. The van der Waals surface area contributed by atoms with Gasteiger partial charge in [0.15, 0.2) is 0 Å². The van der Waals surface area contributed by atoms with Crippen LogP contribution in [0.4, 0.5) is 11.6 Å². The summed E-state index contributed by atoms with van der Waals surface area (Å²) in [5.41, 5.74) is 12.0. The van der Waals surface area contributed by atoms with Crippen molar-refractivity contribution in [2.24, 2.45) is 5.73 Å². The Balaban J connectivity index is 2.62. The van der Waals surface area contributed by atoms with Crippen molar-refractivity contribution in [3.8, 4) is 11.1 Å². The van der Waals surface area contributed by atoms with Gasteiger partial charge in [-0.3, -0.25) is 14.9 Å². The molecular formula is C11H9N3O4. The predicted molar refractivity (Wildman–Crippen MR) is 63.7 cm³/mol. The number of anilines is 1. The summed E-state index contributed by atoms with van der Waals surface area (Å²) in [5.74, 6) is -1.67. The van der Waals surface area contributed by atoms with Crippen molar-refractivity contribution in [3.05, 3.63) is 46.2 Å². The van der Waals surface area contributed by atoms with Gasteiger partial charge in [0, 0.05) is 11.3 Å². The molecule has 2 aromatic rings. The Hall–Kier alpha value is -2.83. The molecule has 2 rings (SSSR count). The van der Waals surface area contributed by atoms with Crippen LogP contribution in [0.2, 0.25) is 0 Å². The van der Waals surface area contributed by atoms with Gasteiger partial charge in [0.25, 0.3) is 5.91 Å². The van der Waals surface area contributed by atoms with Gasteiger partial charge in [-0.25, -0.2) is 0 Å². The molecule has 0 aliphatic rings. The Morgan fingerprint density at radius 1 is 1.33 bits per heavy atom. The fourth-order valence-electron chi connectivity index (χ4n) is 1.57. The van der Waals surface area contributed by atoms with E-state index in [1.54, 1.807) is 24.3 Å². The number of carbonyl (C=O) groups excluding carboxylic acids is 1. The van der Waals surface area contributed by atoms with Crippen LogP contribution >= 0.6 is 0 Å². The molecule has 1 aromatic carbocycles. The highest BCUT2D eigenvalue weighted by Gasteiger charge is 2.23. The van der Waals surface area contributed by atoms with Gasteiger partial charge in [0.05, 0.1) is 6.07 Å². The fourth-order valence-corrected chi connectivity index (χ4v) is 1.57. The van der Waals surface area contributed by atoms with Gasteiger partial charge in [-0.2, -0.15) is 0 Å². The molecule has 0 atom stereocenters. The van der Waals surface area contributed by atoms with Crippen molar-refractivity contribution in [1.82, 2.24) is 0 Å². The molecule has 7 nitrogen and oxygen atoms in total. The first-order chi connectivity index (χ1) is 8.49. The number of nitrogens with zero attached hydrogens (tertiary/aromatic N) is 1. The first kappa shape index (κ1) is 11.6. The highest BCUT2D eigenvalue weighted by Crippen LogP contribution is 2.31. The van der Waals surface area contributed by atoms with Crippen LogP contribution < -0.4 is 11.5 Å². The molecule has 1 amide bonds. The maximum absolute atomic E-state index is 11.2. The van der Waals surface area contributed by atoms with Crippen molar-refractivity contribution >= 4 is 17.5 Å². The van der Waals surface area contributed by atoms with E-state index in [-0.39, 0.29) is 11.3 Å². The fraction of sp³-hybridized carbons (Fsp3) is 0. The number of nitrogens with two attached hydrogens (primary N) is 2. The summed E-state index contributed by atoms with van der Waals surface area (Å²) in [7, 11) is 0. The van der Waals surface area contributed by atoms with E-state index in [9.17, 15) is 14.9 Å². The molecule has 92 valence electrons. The number of furan rings is 1. The maximum atomic E-state index is 11.2. The van der Waals surface area contributed by atoms with E-state index in [4.69, 9.17) is 15.9 Å². The molecule has 7 heteroatoms. The second-order valence-electron chi connectivity index (χ2n) is 3.57. The minimum absolute atomic E-state index is 0.251. The monoisotopic (exact) mass is 247 g/mol. The quantitative estimate of drug-likeness (QED) is 0.483. The average Bonchev–Trinajstić information content (AvgIpc) is 2.73. The maximum Gasteiger partial charge on any atom is 0.434 e. The predicted octanol–water partition coefficient (Wildman–Crippen LogP) is 1.54. The Morgan fingerprint density at radius 3 is 2.61 bits per heavy atom. The van der Waals surface area contributed by atoms with E-state index < -0.39 is 16.7 Å². The third-order valence-electron chi connectivity index (χ3n) is 2.32. The first-order valence-corrected chi connectivity index (χ1v) is 4.93. The highest BCUT2D eigenvalue weighted by atomic mass is 16.6. The lowest BCUT2D eigenvalue weighted by atomic mass is 10.1. The third kappa shape index (κ3) is 2.01. The van der Waals surface area contributed by atoms with Crippen molar-refractivity contribution in [2.45, 2.75) is 0 Å². The number of nitrogen functional groups attached to an aromatic ring is 1. The molecule has 4 N–H and O–H groups in total. The zero-order valence-electron chi connectivity index (χ0n) is 9.12. The normalized spacial score (nSPS) is 10.2. The molecule has 0 saturated heterocycles. The van der Waals surface area contributed by atoms with Crippen molar-refractivity contribution in [2.75, 3.05) is 5.73 Å². The minimum atomic E-state index is -0.875. The van der Waals surface area contributed by atoms with Gasteiger partial charge < -0.3 is 15.9 Å². The van der Waals surface area contributed by atoms with E-state index in [0.717, 1.165) is 6.07 Å². The van der Waals surface area contributed by atoms with Crippen molar-refractivity contribution in [3.63, 3.8) is 0 Å². The third-order valence-corrected chi connectivity index (χ3v) is 2.32. The smallest absolute Gasteiger partial charge is 0.399 e. The van der Waals surface area contributed by atoms with Crippen LogP contribution in [0.3, 0.4) is 0 Å². The topological polar surface area (TPSA) is 125 Å². The Morgan fingerprint density at radius 2 is 2.06 bits per heavy atom. The number of hydrogen-bond acceptors (Lipinski definition) is 5. The van der Waals surface area contributed by atoms with Crippen LogP contribution in [0, 0.1) is 10.1 Å². The Labute approximate surface area is 101 Å². The number of primary amides is 1. The summed E-state index contributed by atoms with van der Waals surface area (Å²) in [6.45, 7) is 0. The molecule has 0 saturated carbocycles. The van der Waals surface area contributed by atoms with E-state index in [0.29, 0.717) is 11.3 Å². The van der Waals surface area contributed by atoms with E-state index >= 15 is 0 Å². The number of carbonyl (C=O) groups is 1. The van der Waals surface area contributed by atoms with Gasteiger partial charge in [-0.05, 0) is 17.7 Å². The Bertz CT molecular complexity index is 633. The molecule has 18 heavy (non-hydrogen) atoms. The average molecular weight is 247 g/mol. The summed E-state index contributed by atoms with van der Waals surface area (Å²) < 4.78 is 4.82. The van der Waals surface area contributed by atoms with Crippen LogP contribution in [0.1, 0.15) is 10.6 Å². The molecule has 0 fully saturated rings. The number of rotatable bonds is 3. The van der Waals surface area contributed by atoms with Gasteiger partial charge in [0.1, 0.15) is 4.92 Å². The lowest BCUT2D eigenvalue weighted by Gasteiger charge is -2.00. The van der Waals surface area contributed by atoms with Gasteiger partial charge in [-0.15, -0.1) is 0 Å². The number of hydrogen-bond donors (Lipinski definition) is 2. The lowest BCUT2D eigenvalue weighted by molar-refractivity contribution is -0.402. The molecule has 0 spiro atoms. The van der Waals surface area contributed by atoms with Crippen LogP contribution in [-0.4, -0.2) is 10.8 Å². The first-order valence-electron chi connectivity index (χ1n) is 4.93. The second kappa shape index (κ2) is 4.21. The van der Waals surface area contributed by atoms with Gasteiger partial charge in [-0.1, -0.05) is 12.1 Å². The van der Waals surface area contributed by atoms with Crippen LogP contribution in [0.25, 0.3) is 11.1 Å². The van der Waals surface area contributed by atoms with E-state index in [1.165, 1.54) is 0 Å². The summed E-state index contributed by atoms with van der Waals surface area (Å²) in [6.07, 6.45) is 0. The number of nitro groups is 1. The molecule has 0 aliphatic carbocycles. The summed E-state index contributed by atoms with van der Waals surface area (Å²) >= 11 is 0. The van der Waals surface area contributed by atoms with E-state index in [2.05, 4.69) is 0 Å². The minimum Gasteiger partial charge on any atom is -0.399 e. The van der Waals surface area contributed by atoms with Crippen molar-refractivity contribution in [1.29, 1.82) is 0 Å². The summed E-state index contributed by atoms with van der Waals surface area (Å²) in [5, 5.41) is 10.6. The summed E-state index contributed by atoms with van der Waals surface area (Å²) in [4.78, 5) is 21.1. The standard InChI is InChI=1S/C11H9N3O4/c12-7-3-1-2-6(4-7)8-5-9(14(16)17)18-10(8)11(13)15/h1-5H,12H2,(H2,13,15). The van der Waals surface area contributed by atoms with Crippen LogP contribution in [-0.2, 0) is 0 Å². The molecule has 1 aromatic heterocycles.